The average Bonchev–Trinajstić information content (AvgIpc) is 2.40. The summed E-state index contributed by atoms with van der Waals surface area (Å²) in [5.41, 5.74) is 0.909. The van der Waals surface area contributed by atoms with E-state index in [1.807, 2.05) is 6.07 Å². The van der Waals surface area contributed by atoms with Crippen LogP contribution in [-0.2, 0) is 4.74 Å². The van der Waals surface area contributed by atoms with Gasteiger partial charge in [0.2, 0.25) is 0 Å². The number of benzene rings is 1. The molecule has 1 aromatic rings. The van der Waals surface area contributed by atoms with Crippen LogP contribution in [0.1, 0.15) is 32.4 Å². The van der Waals surface area contributed by atoms with Crippen molar-refractivity contribution < 1.29 is 9.13 Å². The minimum absolute atomic E-state index is 0.0712. The molecule has 2 rings (SSSR count). The van der Waals surface area contributed by atoms with Gasteiger partial charge in [-0.3, -0.25) is 0 Å². The summed E-state index contributed by atoms with van der Waals surface area (Å²) < 4.78 is 19.1. The molecule has 1 saturated heterocycles. The smallest absolute Gasteiger partial charge is 0.123 e. The Morgan fingerprint density at radius 1 is 1.24 bits per heavy atom. The van der Waals surface area contributed by atoms with Crippen molar-refractivity contribution in [3.63, 3.8) is 0 Å². The van der Waals surface area contributed by atoms with Crippen molar-refractivity contribution in [1.29, 1.82) is 0 Å². The highest BCUT2D eigenvalue weighted by Gasteiger charge is 2.28. The van der Waals surface area contributed by atoms with Gasteiger partial charge < -0.3 is 10.1 Å². The number of hydrogen-bond acceptors (Lipinski definition) is 2. The van der Waals surface area contributed by atoms with Crippen LogP contribution in [0.2, 0.25) is 0 Å². The van der Waals surface area contributed by atoms with Crippen LogP contribution in [0.15, 0.2) is 24.3 Å². The van der Waals surface area contributed by atoms with Crippen molar-refractivity contribution in [1.82, 2.24) is 5.32 Å². The topological polar surface area (TPSA) is 21.3 Å². The standard InChI is InChI=1S/C14H20FNO/c1-9-8-17-14(11(3)16-10(9)2)12-5-4-6-13(15)7-12/h4-7,9-11,14,16H,8H2,1-3H3. The Morgan fingerprint density at radius 3 is 2.71 bits per heavy atom. The zero-order chi connectivity index (χ0) is 12.4. The Labute approximate surface area is 102 Å². The third-order valence-corrected chi connectivity index (χ3v) is 3.55. The van der Waals surface area contributed by atoms with E-state index in [1.54, 1.807) is 12.1 Å². The molecule has 17 heavy (non-hydrogen) atoms. The molecule has 0 saturated carbocycles. The minimum atomic E-state index is -0.205. The highest BCUT2D eigenvalue weighted by atomic mass is 19.1. The maximum atomic E-state index is 13.2. The van der Waals surface area contributed by atoms with E-state index >= 15 is 0 Å². The molecule has 2 nitrogen and oxygen atoms in total. The number of rotatable bonds is 1. The summed E-state index contributed by atoms with van der Waals surface area (Å²) in [5, 5.41) is 3.51. The average molecular weight is 237 g/mol. The van der Waals surface area contributed by atoms with Crippen molar-refractivity contribution in [2.45, 2.75) is 39.0 Å². The first-order chi connectivity index (χ1) is 8.08. The Bertz CT molecular complexity index is 382. The molecule has 1 fully saturated rings. The van der Waals surface area contributed by atoms with Gasteiger partial charge in [0.1, 0.15) is 5.82 Å². The molecule has 1 heterocycles. The van der Waals surface area contributed by atoms with E-state index in [-0.39, 0.29) is 18.0 Å². The van der Waals surface area contributed by atoms with Gasteiger partial charge in [-0.05, 0) is 37.5 Å². The Kier molecular flexibility index (Phi) is 3.79. The number of hydrogen-bond donors (Lipinski definition) is 1. The second kappa shape index (κ2) is 5.15. The summed E-state index contributed by atoms with van der Waals surface area (Å²) in [6.07, 6.45) is -0.0712. The third kappa shape index (κ3) is 2.85. The first-order valence-electron chi connectivity index (χ1n) is 6.21. The van der Waals surface area contributed by atoms with Gasteiger partial charge in [0.05, 0.1) is 12.7 Å². The van der Waals surface area contributed by atoms with Gasteiger partial charge in [0, 0.05) is 12.1 Å². The van der Waals surface area contributed by atoms with E-state index < -0.39 is 0 Å². The predicted octanol–water partition coefficient (Wildman–Crippen LogP) is 2.90. The van der Waals surface area contributed by atoms with E-state index in [9.17, 15) is 4.39 Å². The van der Waals surface area contributed by atoms with Crippen LogP contribution in [-0.4, -0.2) is 18.7 Å². The molecule has 1 aromatic carbocycles. The lowest BCUT2D eigenvalue weighted by Gasteiger charge is -2.23. The normalized spacial score (nSPS) is 34.4. The molecule has 1 N–H and O–H groups in total. The van der Waals surface area contributed by atoms with Crippen LogP contribution in [0, 0.1) is 11.7 Å². The van der Waals surface area contributed by atoms with Gasteiger partial charge in [0.15, 0.2) is 0 Å². The van der Waals surface area contributed by atoms with Gasteiger partial charge in [0.25, 0.3) is 0 Å². The molecular formula is C14H20FNO. The molecule has 0 aliphatic carbocycles. The molecule has 0 aromatic heterocycles. The van der Waals surface area contributed by atoms with Crippen molar-refractivity contribution in [2.75, 3.05) is 6.61 Å². The second-order valence-electron chi connectivity index (χ2n) is 5.03. The number of halogens is 1. The van der Waals surface area contributed by atoms with E-state index in [1.165, 1.54) is 6.07 Å². The molecule has 1 aliphatic heterocycles. The van der Waals surface area contributed by atoms with E-state index in [4.69, 9.17) is 4.74 Å². The predicted molar refractivity (Wildman–Crippen MR) is 66.3 cm³/mol. The summed E-state index contributed by atoms with van der Waals surface area (Å²) in [5.74, 6) is 0.264. The fourth-order valence-corrected chi connectivity index (χ4v) is 2.28. The molecule has 0 radical (unpaired) electrons. The van der Waals surface area contributed by atoms with Crippen LogP contribution in [0.5, 0.6) is 0 Å². The van der Waals surface area contributed by atoms with Crippen LogP contribution in [0.4, 0.5) is 4.39 Å². The van der Waals surface area contributed by atoms with Crippen LogP contribution < -0.4 is 5.32 Å². The van der Waals surface area contributed by atoms with Gasteiger partial charge >= 0.3 is 0 Å². The van der Waals surface area contributed by atoms with Gasteiger partial charge in [-0.2, -0.15) is 0 Å². The Hall–Kier alpha value is -0.930. The van der Waals surface area contributed by atoms with Crippen LogP contribution >= 0.6 is 0 Å². The van der Waals surface area contributed by atoms with Crippen molar-refractivity contribution in [3.8, 4) is 0 Å². The fraction of sp³-hybridized carbons (Fsp3) is 0.571. The third-order valence-electron chi connectivity index (χ3n) is 3.55. The minimum Gasteiger partial charge on any atom is -0.372 e. The molecule has 0 amide bonds. The zero-order valence-electron chi connectivity index (χ0n) is 10.6. The van der Waals surface area contributed by atoms with Crippen LogP contribution in [0.25, 0.3) is 0 Å². The fourth-order valence-electron chi connectivity index (χ4n) is 2.28. The lowest BCUT2D eigenvalue weighted by atomic mass is 10.0. The summed E-state index contributed by atoms with van der Waals surface area (Å²) in [6.45, 7) is 7.13. The molecule has 0 spiro atoms. The zero-order valence-corrected chi connectivity index (χ0v) is 10.6. The molecular weight excluding hydrogens is 217 g/mol. The van der Waals surface area contributed by atoms with E-state index in [2.05, 4.69) is 26.1 Å². The number of nitrogens with one attached hydrogen (secondary N) is 1. The Balaban J connectivity index is 2.20. The highest BCUT2D eigenvalue weighted by Crippen LogP contribution is 2.26. The maximum absolute atomic E-state index is 13.2. The van der Waals surface area contributed by atoms with Crippen LogP contribution in [0.3, 0.4) is 0 Å². The molecule has 94 valence electrons. The second-order valence-corrected chi connectivity index (χ2v) is 5.03. The van der Waals surface area contributed by atoms with Crippen molar-refractivity contribution in [2.24, 2.45) is 5.92 Å². The largest absolute Gasteiger partial charge is 0.372 e. The molecule has 0 bridgehead atoms. The van der Waals surface area contributed by atoms with Gasteiger partial charge in [-0.25, -0.2) is 4.39 Å². The lowest BCUT2D eigenvalue weighted by Crippen LogP contribution is -2.39. The summed E-state index contributed by atoms with van der Waals surface area (Å²) in [4.78, 5) is 0. The first kappa shape index (κ1) is 12.5. The maximum Gasteiger partial charge on any atom is 0.123 e. The van der Waals surface area contributed by atoms with Gasteiger partial charge in [-0.15, -0.1) is 0 Å². The van der Waals surface area contributed by atoms with E-state index in [0.29, 0.717) is 18.6 Å². The molecule has 4 unspecified atom stereocenters. The first-order valence-corrected chi connectivity index (χ1v) is 6.21. The molecule has 1 aliphatic rings. The summed E-state index contributed by atoms with van der Waals surface area (Å²) >= 11 is 0. The highest BCUT2D eigenvalue weighted by molar-refractivity contribution is 5.20. The summed E-state index contributed by atoms with van der Waals surface area (Å²) in [7, 11) is 0. The Morgan fingerprint density at radius 2 is 2.00 bits per heavy atom. The quantitative estimate of drug-likeness (QED) is 0.811. The number of ether oxygens (including phenoxy) is 1. The molecule has 3 heteroatoms. The molecule has 4 atom stereocenters. The van der Waals surface area contributed by atoms with Gasteiger partial charge in [-0.1, -0.05) is 19.1 Å². The van der Waals surface area contributed by atoms with E-state index in [0.717, 1.165) is 5.56 Å². The lowest BCUT2D eigenvalue weighted by molar-refractivity contribution is 0.0328. The van der Waals surface area contributed by atoms with Crippen molar-refractivity contribution >= 4 is 0 Å². The monoisotopic (exact) mass is 237 g/mol. The van der Waals surface area contributed by atoms with Crippen molar-refractivity contribution in [3.05, 3.63) is 35.6 Å². The summed E-state index contributed by atoms with van der Waals surface area (Å²) in [6, 6.07) is 7.29. The SMILES string of the molecule is CC1COC(c2cccc(F)c2)C(C)NC1C.